The Bertz CT molecular complexity index is 290. The van der Waals surface area contributed by atoms with Crippen molar-refractivity contribution in [1.29, 1.82) is 0 Å². The first-order valence-corrected chi connectivity index (χ1v) is 4.67. The van der Waals surface area contributed by atoms with E-state index in [4.69, 9.17) is 21.4 Å². The number of rotatable bonds is 3. The number of benzene rings is 1. The third kappa shape index (κ3) is 1.95. The van der Waals surface area contributed by atoms with E-state index in [1.807, 2.05) is 12.1 Å². The Hall–Kier alpha value is -0.730. The van der Waals surface area contributed by atoms with Crippen LogP contribution in [0.15, 0.2) is 24.3 Å². The van der Waals surface area contributed by atoms with Gasteiger partial charge < -0.3 is 9.84 Å². The van der Waals surface area contributed by atoms with Gasteiger partial charge in [0.1, 0.15) is 11.4 Å². The first-order valence-electron chi connectivity index (χ1n) is 4.30. The molecule has 1 aromatic rings. The highest BCUT2D eigenvalue weighted by Gasteiger charge is 2.44. The normalized spacial score (nSPS) is 18.3. The van der Waals surface area contributed by atoms with Crippen LogP contribution in [0, 0.1) is 0 Å². The van der Waals surface area contributed by atoms with Crippen LogP contribution >= 0.6 is 11.6 Å². The van der Waals surface area contributed by atoms with Crippen LogP contribution in [0.3, 0.4) is 0 Å². The minimum atomic E-state index is -0.298. The largest absolute Gasteiger partial charge is 0.485 e. The molecule has 0 amide bonds. The number of halogens is 1. The first-order chi connectivity index (χ1) is 6.24. The fourth-order valence-electron chi connectivity index (χ4n) is 1.18. The van der Waals surface area contributed by atoms with Crippen molar-refractivity contribution in [2.75, 3.05) is 6.61 Å². The van der Waals surface area contributed by atoms with Crippen molar-refractivity contribution in [3.8, 4) is 5.75 Å². The van der Waals surface area contributed by atoms with Gasteiger partial charge in [-0.15, -0.1) is 0 Å². The lowest BCUT2D eigenvalue weighted by molar-refractivity contribution is 0.0954. The lowest BCUT2D eigenvalue weighted by Gasteiger charge is -2.14. The molecule has 13 heavy (non-hydrogen) atoms. The Morgan fingerprint density at radius 1 is 1.31 bits per heavy atom. The fraction of sp³-hybridized carbons (Fsp3) is 0.400. The number of aliphatic hydroxyl groups is 1. The Kier molecular flexibility index (Phi) is 2.18. The molecule has 1 fully saturated rings. The standard InChI is InChI=1S/C10H11ClO2/c11-8-1-3-9(4-2-8)13-10(7-12)5-6-10/h1-4,12H,5-7H2. The fourth-order valence-corrected chi connectivity index (χ4v) is 1.31. The van der Waals surface area contributed by atoms with Crippen LogP contribution in [0.1, 0.15) is 12.8 Å². The molecule has 0 unspecified atom stereocenters. The molecule has 0 aromatic heterocycles. The summed E-state index contributed by atoms with van der Waals surface area (Å²) in [5.74, 6) is 0.774. The van der Waals surface area contributed by atoms with Crippen LogP contribution in [-0.2, 0) is 0 Å². The van der Waals surface area contributed by atoms with Gasteiger partial charge in [-0.25, -0.2) is 0 Å². The lowest BCUT2D eigenvalue weighted by atomic mass is 10.3. The molecule has 1 aliphatic carbocycles. The Morgan fingerprint density at radius 2 is 1.92 bits per heavy atom. The summed E-state index contributed by atoms with van der Waals surface area (Å²) >= 11 is 5.73. The Morgan fingerprint density at radius 3 is 2.38 bits per heavy atom. The molecule has 0 bridgehead atoms. The number of hydrogen-bond donors (Lipinski definition) is 1. The third-order valence-corrected chi connectivity index (χ3v) is 2.50. The SMILES string of the molecule is OCC1(Oc2ccc(Cl)cc2)CC1. The molecule has 2 nitrogen and oxygen atoms in total. The molecule has 1 saturated carbocycles. The molecular weight excluding hydrogens is 188 g/mol. The molecular formula is C10H11ClO2. The van der Waals surface area contributed by atoms with Crippen LogP contribution < -0.4 is 4.74 Å². The predicted molar refractivity (Wildman–Crippen MR) is 51.1 cm³/mol. The molecule has 1 aromatic carbocycles. The van der Waals surface area contributed by atoms with Gasteiger partial charge in [0.25, 0.3) is 0 Å². The van der Waals surface area contributed by atoms with Gasteiger partial charge in [-0.05, 0) is 37.1 Å². The number of hydrogen-bond acceptors (Lipinski definition) is 2. The lowest BCUT2D eigenvalue weighted by Crippen LogP contribution is -2.22. The summed E-state index contributed by atoms with van der Waals surface area (Å²) in [5.41, 5.74) is -0.298. The maximum absolute atomic E-state index is 9.02. The molecule has 0 atom stereocenters. The molecule has 0 heterocycles. The zero-order valence-electron chi connectivity index (χ0n) is 7.16. The molecule has 1 N–H and O–H groups in total. The summed E-state index contributed by atoms with van der Waals surface area (Å²) in [6.45, 7) is 0.0929. The molecule has 2 rings (SSSR count). The second-order valence-corrected chi connectivity index (χ2v) is 3.83. The van der Waals surface area contributed by atoms with Gasteiger partial charge in [-0.3, -0.25) is 0 Å². The van der Waals surface area contributed by atoms with Crippen molar-refractivity contribution in [3.05, 3.63) is 29.3 Å². The van der Waals surface area contributed by atoms with E-state index in [0.29, 0.717) is 5.02 Å². The van der Waals surface area contributed by atoms with Gasteiger partial charge >= 0.3 is 0 Å². The summed E-state index contributed by atoms with van der Waals surface area (Å²) in [5, 5.41) is 9.72. The average Bonchev–Trinajstić information content (AvgIpc) is 2.90. The van der Waals surface area contributed by atoms with Crippen molar-refractivity contribution in [1.82, 2.24) is 0 Å². The second kappa shape index (κ2) is 3.20. The van der Waals surface area contributed by atoms with E-state index in [0.717, 1.165) is 18.6 Å². The van der Waals surface area contributed by atoms with Gasteiger partial charge in [0.05, 0.1) is 6.61 Å². The van der Waals surface area contributed by atoms with Gasteiger partial charge in [-0.1, -0.05) is 11.6 Å². The summed E-state index contributed by atoms with van der Waals surface area (Å²) in [6.07, 6.45) is 1.87. The quantitative estimate of drug-likeness (QED) is 0.807. The Labute approximate surface area is 82.1 Å². The average molecular weight is 199 g/mol. The van der Waals surface area contributed by atoms with Gasteiger partial charge in [0.15, 0.2) is 0 Å². The van der Waals surface area contributed by atoms with Crippen LogP contribution in [0.25, 0.3) is 0 Å². The topological polar surface area (TPSA) is 29.5 Å². The maximum atomic E-state index is 9.02. The molecule has 0 spiro atoms. The summed E-state index contributed by atoms with van der Waals surface area (Å²) in [7, 11) is 0. The van der Waals surface area contributed by atoms with Crippen molar-refractivity contribution in [2.24, 2.45) is 0 Å². The third-order valence-electron chi connectivity index (χ3n) is 2.24. The van der Waals surface area contributed by atoms with Crippen molar-refractivity contribution < 1.29 is 9.84 Å². The van der Waals surface area contributed by atoms with E-state index in [1.54, 1.807) is 12.1 Å². The molecule has 70 valence electrons. The second-order valence-electron chi connectivity index (χ2n) is 3.40. The number of aliphatic hydroxyl groups excluding tert-OH is 1. The van der Waals surface area contributed by atoms with Gasteiger partial charge in [0.2, 0.25) is 0 Å². The highest BCUT2D eigenvalue weighted by Crippen LogP contribution is 2.39. The maximum Gasteiger partial charge on any atom is 0.132 e. The highest BCUT2D eigenvalue weighted by molar-refractivity contribution is 6.30. The van der Waals surface area contributed by atoms with E-state index in [2.05, 4.69) is 0 Å². The van der Waals surface area contributed by atoms with E-state index >= 15 is 0 Å². The zero-order chi connectivity index (χ0) is 9.31. The summed E-state index contributed by atoms with van der Waals surface area (Å²) < 4.78 is 5.61. The first kappa shape index (κ1) is 8.85. The minimum absolute atomic E-state index is 0.0929. The van der Waals surface area contributed by atoms with Gasteiger partial charge in [0, 0.05) is 5.02 Å². The molecule has 0 aliphatic heterocycles. The van der Waals surface area contributed by atoms with E-state index < -0.39 is 0 Å². The van der Waals surface area contributed by atoms with Crippen LogP contribution in [-0.4, -0.2) is 17.3 Å². The highest BCUT2D eigenvalue weighted by atomic mass is 35.5. The van der Waals surface area contributed by atoms with Crippen molar-refractivity contribution in [2.45, 2.75) is 18.4 Å². The minimum Gasteiger partial charge on any atom is -0.485 e. The smallest absolute Gasteiger partial charge is 0.132 e. The van der Waals surface area contributed by atoms with Crippen LogP contribution in [0.5, 0.6) is 5.75 Å². The summed E-state index contributed by atoms with van der Waals surface area (Å²) in [4.78, 5) is 0. The Balaban J connectivity index is 2.06. The molecule has 0 radical (unpaired) electrons. The van der Waals surface area contributed by atoms with E-state index in [9.17, 15) is 0 Å². The van der Waals surface area contributed by atoms with Gasteiger partial charge in [-0.2, -0.15) is 0 Å². The van der Waals surface area contributed by atoms with Crippen LogP contribution in [0.2, 0.25) is 5.02 Å². The van der Waals surface area contributed by atoms with Crippen LogP contribution in [0.4, 0.5) is 0 Å². The number of ether oxygens (including phenoxy) is 1. The monoisotopic (exact) mass is 198 g/mol. The van der Waals surface area contributed by atoms with Crippen molar-refractivity contribution >= 4 is 11.6 Å². The summed E-state index contributed by atoms with van der Waals surface area (Å²) in [6, 6.07) is 7.20. The van der Waals surface area contributed by atoms with Crippen molar-refractivity contribution in [3.63, 3.8) is 0 Å². The predicted octanol–water partition coefficient (Wildman–Crippen LogP) is 2.24. The molecule has 1 aliphatic rings. The zero-order valence-corrected chi connectivity index (χ0v) is 7.92. The molecule has 0 saturated heterocycles. The van der Waals surface area contributed by atoms with E-state index in [-0.39, 0.29) is 12.2 Å². The molecule has 3 heteroatoms. The van der Waals surface area contributed by atoms with E-state index in [1.165, 1.54) is 0 Å².